The van der Waals surface area contributed by atoms with Gasteiger partial charge in [-0.15, -0.1) is 0 Å². The minimum absolute atomic E-state index is 0.0739. The molecule has 0 aliphatic heterocycles. The second-order valence-electron chi connectivity index (χ2n) is 2.88. The number of aliphatic hydroxyl groups excluding tert-OH is 1. The van der Waals surface area contributed by atoms with Gasteiger partial charge in [0.1, 0.15) is 0 Å². The van der Waals surface area contributed by atoms with Gasteiger partial charge in [-0.2, -0.15) is 0 Å². The van der Waals surface area contributed by atoms with Crippen molar-refractivity contribution in [2.75, 3.05) is 11.9 Å². The van der Waals surface area contributed by atoms with Crippen LogP contribution in [0.25, 0.3) is 0 Å². The predicted molar refractivity (Wildman–Crippen MR) is 51.8 cm³/mol. The van der Waals surface area contributed by atoms with E-state index in [4.69, 9.17) is 9.84 Å². The summed E-state index contributed by atoms with van der Waals surface area (Å²) in [5.41, 5.74) is 0. The Morgan fingerprint density at radius 1 is 1.62 bits per heavy atom. The number of aliphatic hydroxyl groups is 1. The van der Waals surface area contributed by atoms with Crippen molar-refractivity contribution in [3.63, 3.8) is 0 Å². The summed E-state index contributed by atoms with van der Waals surface area (Å²) in [6, 6.07) is 0. The maximum atomic E-state index is 10.3. The Hall–Kier alpha value is -0.130. The molecule has 2 N–H and O–H groups in total. The largest absolute Gasteiger partial charge is 0.481 e. The summed E-state index contributed by atoms with van der Waals surface area (Å²) in [4.78, 5) is 10.3. The predicted octanol–water partition coefficient (Wildman–Crippen LogP) is 1.22. The minimum Gasteiger partial charge on any atom is -0.481 e. The molecule has 0 aromatic carbocycles. The van der Waals surface area contributed by atoms with Crippen molar-refractivity contribution in [3.8, 4) is 0 Å². The molecule has 2 unspecified atom stereocenters. The molecule has 0 saturated carbocycles. The molecule has 0 heterocycles. The Morgan fingerprint density at radius 3 is 2.69 bits per heavy atom. The van der Waals surface area contributed by atoms with Crippen LogP contribution in [-0.2, 0) is 9.53 Å². The molecule has 5 heteroatoms. The van der Waals surface area contributed by atoms with Crippen LogP contribution in [0.3, 0.4) is 0 Å². The number of carboxylic acid groups (broad SMARTS) is 1. The lowest BCUT2D eigenvalue weighted by Crippen LogP contribution is -2.24. The number of carboxylic acids is 1. The molecule has 0 bridgehead atoms. The van der Waals surface area contributed by atoms with Gasteiger partial charge in [-0.05, 0) is 6.42 Å². The van der Waals surface area contributed by atoms with Crippen LogP contribution in [0, 0.1) is 5.92 Å². The van der Waals surface area contributed by atoms with Gasteiger partial charge in [0, 0.05) is 11.2 Å². The molecule has 0 aliphatic carbocycles. The second kappa shape index (κ2) is 7.29. The van der Waals surface area contributed by atoms with E-state index in [9.17, 15) is 9.90 Å². The molecule has 2 atom stereocenters. The van der Waals surface area contributed by atoms with E-state index in [-0.39, 0.29) is 12.3 Å². The molecule has 13 heavy (non-hydrogen) atoms. The standard InChI is InChI=1S/C8H15BrO4/c1-6(5-7(10)11)8(12)13-4-2-3-9/h6,8,12H,2-5H2,1H3,(H,10,11). The van der Waals surface area contributed by atoms with Crippen LogP contribution >= 0.6 is 15.9 Å². The van der Waals surface area contributed by atoms with Gasteiger partial charge >= 0.3 is 5.97 Å². The highest BCUT2D eigenvalue weighted by Gasteiger charge is 2.17. The highest BCUT2D eigenvalue weighted by Crippen LogP contribution is 2.09. The molecule has 0 aliphatic rings. The summed E-state index contributed by atoms with van der Waals surface area (Å²) in [5, 5.41) is 18.5. The normalized spacial score (nSPS) is 15.3. The average Bonchev–Trinajstić information content (AvgIpc) is 2.03. The molecular weight excluding hydrogens is 240 g/mol. The van der Waals surface area contributed by atoms with E-state index in [0.717, 1.165) is 11.8 Å². The first kappa shape index (κ1) is 12.9. The zero-order valence-corrected chi connectivity index (χ0v) is 9.16. The van der Waals surface area contributed by atoms with Crippen LogP contribution in [0.4, 0.5) is 0 Å². The summed E-state index contributed by atoms with van der Waals surface area (Å²) in [6.45, 7) is 2.09. The molecular formula is C8H15BrO4. The molecule has 78 valence electrons. The van der Waals surface area contributed by atoms with Crippen LogP contribution in [0.5, 0.6) is 0 Å². The topological polar surface area (TPSA) is 66.8 Å². The van der Waals surface area contributed by atoms with Gasteiger partial charge < -0.3 is 14.9 Å². The third-order valence-corrected chi connectivity index (χ3v) is 2.11. The lowest BCUT2D eigenvalue weighted by Gasteiger charge is -2.17. The quantitative estimate of drug-likeness (QED) is 0.407. The van der Waals surface area contributed by atoms with Gasteiger partial charge in [-0.3, -0.25) is 4.79 Å². The van der Waals surface area contributed by atoms with Gasteiger partial charge in [-0.25, -0.2) is 0 Å². The van der Waals surface area contributed by atoms with E-state index >= 15 is 0 Å². The highest BCUT2D eigenvalue weighted by atomic mass is 79.9. The minimum atomic E-state index is -0.977. The fourth-order valence-electron chi connectivity index (χ4n) is 0.799. The third-order valence-electron chi connectivity index (χ3n) is 1.55. The first-order chi connectivity index (χ1) is 6.07. The van der Waals surface area contributed by atoms with Gasteiger partial charge in [0.25, 0.3) is 0 Å². The van der Waals surface area contributed by atoms with Crippen LogP contribution in [0.15, 0.2) is 0 Å². The summed E-state index contributed by atoms with van der Waals surface area (Å²) in [6.07, 6.45) is -0.248. The van der Waals surface area contributed by atoms with E-state index in [1.54, 1.807) is 6.92 Å². The maximum absolute atomic E-state index is 10.3. The Bertz CT molecular complexity index is 151. The Kier molecular flexibility index (Phi) is 7.22. The van der Waals surface area contributed by atoms with E-state index in [2.05, 4.69) is 15.9 Å². The van der Waals surface area contributed by atoms with Crippen LogP contribution in [0.2, 0.25) is 0 Å². The van der Waals surface area contributed by atoms with Gasteiger partial charge in [0.05, 0.1) is 13.0 Å². The number of hydrogen-bond donors (Lipinski definition) is 2. The smallest absolute Gasteiger partial charge is 0.303 e. The van der Waals surface area contributed by atoms with Gasteiger partial charge in [-0.1, -0.05) is 22.9 Å². The maximum Gasteiger partial charge on any atom is 0.303 e. The number of aliphatic carboxylic acids is 1. The fraction of sp³-hybridized carbons (Fsp3) is 0.875. The highest BCUT2D eigenvalue weighted by molar-refractivity contribution is 9.09. The van der Waals surface area contributed by atoms with Crippen molar-refractivity contribution in [3.05, 3.63) is 0 Å². The number of carbonyl (C=O) groups is 1. The van der Waals surface area contributed by atoms with Crippen molar-refractivity contribution in [2.45, 2.75) is 26.1 Å². The fourth-order valence-corrected chi connectivity index (χ4v) is 1.03. The molecule has 0 aromatic heterocycles. The number of rotatable bonds is 7. The summed E-state index contributed by atoms with van der Waals surface area (Å²) >= 11 is 3.22. The first-order valence-electron chi connectivity index (χ1n) is 4.15. The first-order valence-corrected chi connectivity index (χ1v) is 5.27. The second-order valence-corrected chi connectivity index (χ2v) is 3.67. The van der Waals surface area contributed by atoms with Crippen molar-refractivity contribution in [2.24, 2.45) is 5.92 Å². The van der Waals surface area contributed by atoms with E-state index < -0.39 is 12.3 Å². The van der Waals surface area contributed by atoms with Crippen LogP contribution in [-0.4, -0.2) is 34.4 Å². The monoisotopic (exact) mass is 254 g/mol. The number of halogens is 1. The van der Waals surface area contributed by atoms with Gasteiger partial charge in [0.2, 0.25) is 0 Å². The lowest BCUT2D eigenvalue weighted by atomic mass is 10.1. The Morgan fingerprint density at radius 2 is 2.23 bits per heavy atom. The van der Waals surface area contributed by atoms with Crippen LogP contribution in [0.1, 0.15) is 19.8 Å². The summed E-state index contributed by atoms with van der Waals surface area (Å²) in [5.74, 6) is -1.29. The average molecular weight is 255 g/mol. The molecule has 0 amide bonds. The molecule has 0 saturated heterocycles. The molecule has 0 fully saturated rings. The number of hydrogen-bond acceptors (Lipinski definition) is 3. The Balaban J connectivity index is 3.56. The SMILES string of the molecule is CC(CC(=O)O)C(O)OCCCBr. The van der Waals surface area contributed by atoms with E-state index in [1.165, 1.54) is 0 Å². The lowest BCUT2D eigenvalue weighted by molar-refractivity contribution is -0.152. The van der Waals surface area contributed by atoms with E-state index in [0.29, 0.717) is 6.61 Å². The van der Waals surface area contributed by atoms with Crippen molar-refractivity contribution in [1.82, 2.24) is 0 Å². The molecule has 0 spiro atoms. The van der Waals surface area contributed by atoms with Gasteiger partial charge in [0.15, 0.2) is 6.29 Å². The Labute approximate surface area is 86.0 Å². The number of ether oxygens (including phenoxy) is 1. The molecule has 4 nitrogen and oxygen atoms in total. The molecule has 0 rings (SSSR count). The zero-order valence-electron chi connectivity index (χ0n) is 7.57. The van der Waals surface area contributed by atoms with Crippen molar-refractivity contribution < 1.29 is 19.7 Å². The number of alkyl halides is 1. The summed E-state index contributed by atoms with van der Waals surface area (Å²) < 4.78 is 5.01. The summed E-state index contributed by atoms with van der Waals surface area (Å²) in [7, 11) is 0. The third kappa shape index (κ3) is 6.98. The zero-order chi connectivity index (χ0) is 10.3. The van der Waals surface area contributed by atoms with Crippen molar-refractivity contribution >= 4 is 21.9 Å². The van der Waals surface area contributed by atoms with Crippen LogP contribution < -0.4 is 0 Å². The van der Waals surface area contributed by atoms with E-state index in [1.807, 2.05) is 0 Å². The molecule has 0 radical (unpaired) electrons. The molecule has 0 aromatic rings. The van der Waals surface area contributed by atoms with Crippen molar-refractivity contribution in [1.29, 1.82) is 0 Å².